The third-order valence-corrected chi connectivity index (χ3v) is 2.21. The van der Waals surface area contributed by atoms with Crippen molar-refractivity contribution < 1.29 is 22.7 Å². The first-order valence-corrected chi connectivity index (χ1v) is 4.87. The van der Waals surface area contributed by atoms with E-state index in [9.17, 15) is 18.0 Å². The van der Waals surface area contributed by atoms with E-state index in [1.807, 2.05) is 5.32 Å². The van der Waals surface area contributed by atoms with E-state index in [4.69, 9.17) is 4.74 Å². The van der Waals surface area contributed by atoms with E-state index in [1.54, 1.807) is 24.3 Å². The highest BCUT2D eigenvalue weighted by Gasteiger charge is 2.39. The van der Waals surface area contributed by atoms with Crippen LogP contribution in [0.3, 0.4) is 0 Å². The number of hydrogen-bond donors (Lipinski definition) is 1. The fourth-order valence-corrected chi connectivity index (χ4v) is 1.38. The molecule has 1 N–H and O–H groups in total. The van der Waals surface area contributed by atoms with Crippen molar-refractivity contribution in [1.29, 1.82) is 0 Å². The third kappa shape index (κ3) is 3.37. The smallest absolute Gasteiger partial charge is 0.471 e. The summed E-state index contributed by atoms with van der Waals surface area (Å²) >= 11 is 0. The summed E-state index contributed by atoms with van der Waals surface area (Å²) in [6, 6.07) is 5.79. The Kier molecular flexibility index (Phi) is 3.98. The maximum atomic E-state index is 12.1. The molecule has 0 fully saturated rings. The van der Waals surface area contributed by atoms with Crippen LogP contribution in [0.4, 0.5) is 13.2 Å². The first-order valence-electron chi connectivity index (χ1n) is 4.87. The van der Waals surface area contributed by atoms with Crippen LogP contribution in [0.15, 0.2) is 24.3 Å². The molecular formula is C11H12F3NO2. The normalized spacial score (nSPS) is 13.0. The molecule has 1 aromatic carbocycles. The average Bonchev–Trinajstić information content (AvgIpc) is 2.27. The zero-order valence-electron chi connectivity index (χ0n) is 9.34. The van der Waals surface area contributed by atoms with E-state index in [2.05, 4.69) is 0 Å². The molecule has 1 rings (SSSR count). The van der Waals surface area contributed by atoms with Gasteiger partial charge in [-0.1, -0.05) is 18.2 Å². The lowest BCUT2D eigenvalue weighted by Gasteiger charge is -2.17. The maximum absolute atomic E-state index is 12.1. The summed E-state index contributed by atoms with van der Waals surface area (Å²) in [4.78, 5) is 10.8. The molecule has 0 heterocycles. The highest BCUT2D eigenvalue weighted by molar-refractivity contribution is 5.82. The Hall–Kier alpha value is -1.72. The van der Waals surface area contributed by atoms with Crippen LogP contribution in [0.2, 0.25) is 0 Å². The minimum absolute atomic E-state index is 0.433. The lowest BCUT2D eigenvalue weighted by molar-refractivity contribution is -0.174. The van der Waals surface area contributed by atoms with Gasteiger partial charge in [0.15, 0.2) is 0 Å². The van der Waals surface area contributed by atoms with Crippen molar-refractivity contribution in [3.63, 3.8) is 0 Å². The van der Waals surface area contributed by atoms with Gasteiger partial charge in [0.2, 0.25) is 0 Å². The number of alkyl halides is 3. The standard InChI is InChI=1S/C11H12F3NO2/c1-7(15-10(16)11(12,13)14)8-5-3-4-6-9(8)17-2/h3-7H,1-2H3,(H,15,16)/t7-/m0/s1. The summed E-state index contributed by atoms with van der Waals surface area (Å²) < 4.78 is 41.2. The van der Waals surface area contributed by atoms with Crippen LogP contribution in [0, 0.1) is 0 Å². The van der Waals surface area contributed by atoms with Crippen LogP contribution in [-0.4, -0.2) is 19.2 Å². The molecule has 1 amide bonds. The molecule has 6 heteroatoms. The summed E-state index contributed by atoms with van der Waals surface area (Å²) in [7, 11) is 1.41. The van der Waals surface area contributed by atoms with E-state index in [0.717, 1.165) is 0 Å². The maximum Gasteiger partial charge on any atom is 0.471 e. The Morgan fingerprint density at radius 2 is 1.94 bits per heavy atom. The number of rotatable bonds is 3. The molecule has 1 atom stereocenters. The Morgan fingerprint density at radius 3 is 2.47 bits per heavy atom. The zero-order valence-corrected chi connectivity index (χ0v) is 9.34. The van der Waals surface area contributed by atoms with Gasteiger partial charge in [-0.05, 0) is 13.0 Å². The summed E-state index contributed by atoms with van der Waals surface area (Å²) in [6.07, 6.45) is -4.88. The fourth-order valence-electron chi connectivity index (χ4n) is 1.38. The van der Waals surface area contributed by atoms with E-state index < -0.39 is 18.1 Å². The van der Waals surface area contributed by atoms with E-state index in [-0.39, 0.29) is 0 Å². The molecule has 0 spiro atoms. The minimum Gasteiger partial charge on any atom is -0.496 e. The van der Waals surface area contributed by atoms with Gasteiger partial charge < -0.3 is 10.1 Å². The van der Waals surface area contributed by atoms with Gasteiger partial charge in [-0.15, -0.1) is 0 Å². The number of methoxy groups -OCH3 is 1. The molecule has 1 aromatic rings. The zero-order chi connectivity index (χ0) is 13.1. The lowest BCUT2D eigenvalue weighted by Crippen LogP contribution is -2.38. The van der Waals surface area contributed by atoms with Gasteiger partial charge >= 0.3 is 12.1 Å². The summed E-state index contributed by atoms with van der Waals surface area (Å²) in [6.45, 7) is 1.46. The van der Waals surface area contributed by atoms with Gasteiger partial charge in [-0.3, -0.25) is 4.79 Å². The van der Waals surface area contributed by atoms with Gasteiger partial charge in [0, 0.05) is 5.56 Å². The quantitative estimate of drug-likeness (QED) is 0.890. The molecule has 0 aromatic heterocycles. The largest absolute Gasteiger partial charge is 0.496 e. The second kappa shape index (κ2) is 5.07. The minimum atomic E-state index is -4.88. The summed E-state index contributed by atoms with van der Waals surface area (Å²) in [5.41, 5.74) is 0.493. The van der Waals surface area contributed by atoms with Gasteiger partial charge in [-0.25, -0.2) is 0 Å². The van der Waals surface area contributed by atoms with Gasteiger partial charge in [0.05, 0.1) is 13.2 Å². The number of hydrogen-bond acceptors (Lipinski definition) is 2. The first-order chi connectivity index (χ1) is 7.86. The average molecular weight is 247 g/mol. The van der Waals surface area contributed by atoms with Crippen molar-refractivity contribution in [2.75, 3.05) is 7.11 Å². The molecule has 0 radical (unpaired) electrons. The fraction of sp³-hybridized carbons (Fsp3) is 0.364. The molecule has 94 valence electrons. The number of ether oxygens (including phenoxy) is 1. The molecule has 0 unspecified atom stereocenters. The molecular weight excluding hydrogens is 235 g/mol. The van der Waals surface area contributed by atoms with Crippen LogP contribution in [0.1, 0.15) is 18.5 Å². The second-order valence-electron chi connectivity index (χ2n) is 3.43. The number of para-hydroxylation sites is 1. The predicted octanol–water partition coefficient (Wildman–Crippen LogP) is 2.43. The van der Waals surface area contributed by atoms with Crippen LogP contribution >= 0.6 is 0 Å². The number of nitrogens with one attached hydrogen (secondary N) is 1. The monoisotopic (exact) mass is 247 g/mol. The van der Waals surface area contributed by atoms with E-state index in [1.165, 1.54) is 14.0 Å². The van der Waals surface area contributed by atoms with Crippen molar-refractivity contribution in [3.8, 4) is 5.75 Å². The number of amides is 1. The molecule has 3 nitrogen and oxygen atoms in total. The molecule has 17 heavy (non-hydrogen) atoms. The predicted molar refractivity (Wildman–Crippen MR) is 55.6 cm³/mol. The van der Waals surface area contributed by atoms with E-state index >= 15 is 0 Å². The molecule has 0 saturated heterocycles. The Morgan fingerprint density at radius 1 is 1.35 bits per heavy atom. The van der Waals surface area contributed by atoms with Crippen LogP contribution in [0.5, 0.6) is 5.75 Å². The number of halogens is 3. The van der Waals surface area contributed by atoms with Crippen molar-refractivity contribution >= 4 is 5.91 Å². The number of carbonyl (C=O) groups excluding carboxylic acids is 1. The van der Waals surface area contributed by atoms with E-state index in [0.29, 0.717) is 11.3 Å². The highest BCUT2D eigenvalue weighted by Crippen LogP contribution is 2.25. The Balaban J connectivity index is 2.83. The molecule has 0 aliphatic heterocycles. The summed E-state index contributed by atoms with van der Waals surface area (Å²) in [5, 5.41) is 1.87. The Bertz CT molecular complexity index is 404. The topological polar surface area (TPSA) is 38.3 Å². The van der Waals surface area contributed by atoms with Crippen molar-refractivity contribution in [1.82, 2.24) is 5.32 Å². The van der Waals surface area contributed by atoms with Crippen LogP contribution in [-0.2, 0) is 4.79 Å². The van der Waals surface area contributed by atoms with Crippen LogP contribution < -0.4 is 10.1 Å². The summed E-state index contributed by atoms with van der Waals surface area (Å²) in [5.74, 6) is -1.53. The molecule has 0 aliphatic carbocycles. The van der Waals surface area contributed by atoms with Crippen LogP contribution in [0.25, 0.3) is 0 Å². The number of carbonyl (C=O) groups is 1. The SMILES string of the molecule is COc1ccccc1[C@H](C)NC(=O)C(F)(F)F. The van der Waals surface area contributed by atoms with Crippen molar-refractivity contribution in [3.05, 3.63) is 29.8 Å². The highest BCUT2D eigenvalue weighted by atomic mass is 19.4. The third-order valence-electron chi connectivity index (χ3n) is 2.21. The molecule has 0 aliphatic rings. The van der Waals surface area contributed by atoms with Crippen molar-refractivity contribution in [2.45, 2.75) is 19.1 Å². The second-order valence-corrected chi connectivity index (χ2v) is 3.43. The van der Waals surface area contributed by atoms with Gasteiger partial charge in [0.1, 0.15) is 5.75 Å². The Labute approximate surface area is 96.6 Å². The number of benzene rings is 1. The lowest BCUT2D eigenvalue weighted by atomic mass is 10.1. The van der Waals surface area contributed by atoms with Gasteiger partial charge in [-0.2, -0.15) is 13.2 Å². The molecule has 0 bridgehead atoms. The molecule has 0 saturated carbocycles. The first kappa shape index (κ1) is 13.3. The van der Waals surface area contributed by atoms with Gasteiger partial charge in [0.25, 0.3) is 0 Å². The van der Waals surface area contributed by atoms with Crippen molar-refractivity contribution in [2.24, 2.45) is 0 Å².